The molecule has 0 saturated heterocycles. The predicted molar refractivity (Wildman–Crippen MR) is 87.8 cm³/mol. The first-order valence-corrected chi connectivity index (χ1v) is 7.39. The quantitative estimate of drug-likeness (QED) is 0.477. The molecule has 3 rings (SSSR count). The maximum Gasteiger partial charge on any atom is 0.343 e. The average Bonchev–Trinajstić information content (AvgIpc) is 2.48. The minimum Gasteiger partial charge on any atom is -0.423 e. The largest absolute Gasteiger partial charge is 0.423 e. The molecule has 0 spiro atoms. The van der Waals surface area contributed by atoms with E-state index in [0.717, 1.165) is 20.8 Å². The average molecular weight is 341 g/mol. The van der Waals surface area contributed by atoms with Crippen molar-refractivity contribution in [3.8, 4) is 5.75 Å². The molecule has 0 fully saturated rings. The van der Waals surface area contributed by atoms with Crippen molar-refractivity contribution in [2.75, 3.05) is 0 Å². The third kappa shape index (κ3) is 3.14. The SMILES string of the molecule is Cc1ccc(C(=O)Oc2ccc3cc(Br)ccc3c2)cc1. The Bertz CT molecular complexity index is 807. The maximum atomic E-state index is 12.1. The van der Waals surface area contributed by atoms with E-state index in [4.69, 9.17) is 4.74 Å². The third-order valence-corrected chi connectivity index (χ3v) is 3.76. The van der Waals surface area contributed by atoms with Crippen LogP contribution < -0.4 is 4.74 Å². The van der Waals surface area contributed by atoms with Gasteiger partial charge in [-0.25, -0.2) is 4.79 Å². The van der Waals surface area contributed by atoms with Gasteiger partial charge in [0.2, 0.25) is 0 Å². The van der Waals surface area contributed by atoms with Crippen molar-refractivity contribution in [3.63, 3.8) is 0 Å². The molecule has 0 unspecified atom stereocenters. The molecule has 0 bridgehead atoms. The summed E-state index contributed by atoms with van der Waals surface area (Å²) in [4.78, 5) is 12.1. The van der Waals surface area contributed by atoms with Crippen LogP contribution in [0, 0.1) is 6.92 Å². The smallest absolute Gasteiger partial charge is 0.343 e. The zero-order valence-electron chi connectivity index (χ0n) is 11.5. The fourth-order valence-corrected chi connectivity index (χ4v) is 2.49. The molecule has 0 aromatic heterocycles. The molecule has 104 valence electrons. The first kappa shape index (κ1) is 13.8. The van der Waals surface area contributed by atoms with E-state index in [0.29, 0.717) is 11.3 Å². The molecule has 0 heterocycles. The molecule has 3 heteroatoms. The fraction of sp³-hybridized carbons (Fsp3) is 0.0556. The summed E-state index contributed by atoms with van der Waals surface area (Å²) in [5.74, 6) is 0.210. The lowest BCUT2D eigenvalue weighted by atomic mass is 10.1. The van der Waals surface area contributed by atoms with Crippen LogP contribution in [0.5, 0.6) is 5.75 Å². The molecular formula is C18H13BrO2. The maximum absolute atomic E-state index is 12.1. The van der Waals surface area contributed by atoms with E-state index in [1.54, 1.807) is 18.2 Å². The summed E-state index contributed by atoms with van der Waals surface area (Å²) in [6.45, 7) is 1.98. The van der Waals surface area contributed by atoms with Crippen LogP contribution in [0.3, 0.4) is 0 Å². The highest BCUT2D eigenvalue weighted by molar-refractivity contribution is 9.10. The van der Waals surface area contributed by atoms with Crippen LogP contribution in [0.1, 0.15) is 15.9 Å². The van der Waals surface area contributed by atoms with Crippen molar-refractivity contribution >= 4 is 32.7 Å². The van der Waals surface area contributed by atoms with Crippen LogP contribution in [0.2, 0.25) is 0 Å². The standard InChI is InChI=1S/C18H13BrO2/c1-12-2-4-13(5-3-12)18(20)21-17-9-7-14-10-16(19)8-6-15(14)11-17/h2-11H,1H3. The summed E-state index contributed by atoms with van der Waals surface area (Å²) < 4.78 is 6.46. The molecule has 0 amide bonds. The molecule has 0 aliphatic heterocycles. The Morgan fingerprint density at radius 1 is 0.905 bits per heavy atom. The summed E-state index contributed by atoms with van der Waals surface area (Å²) in [5.41, 5.74) is 1.67. The number of halogens is 1. The molecule has 0 saturated carbocycles. The van der Waals surface area contributed by atoms with Crippen LogP contribution >= 0.6 is 15.9 Å². The van der Waals surface area contributed by atoms with Crippen LogP contribution in [0.4, 0.5) is 0 Å². The summed E-state index contributed by atoms with van der Waals surface area (Å²) in [6, 6.07) is 18.9. The number of fused-ring (bicyclic) bond motifs is 1. The molecule has 3 aromatic carbocycles. The number of rotatable bonds is 2. The number of hydrogen-bond donors (Lipinski definition) is 0. The molecule has 0 radical (unpaired) electrons. The van der Waals surface area contributed by atoms with E-state index in [2.05, 4.69) is 15.9 Å². The van der Waals surface area contributed by atoms with Crippen molar-refractivity contribution in [1.82, 2.24) is 0 Å². The zero-order valence-corrected chi connectivity index (χ0v) is 13.1. The van der Waals surface area contributed by atoms with Crippen LogP contribution in [-0.2, 0) is 0 Å². The van der Waals surface area contributed by atoms with Gasteiger partial charge in [0.25, 0.3) is 0 Å². The van der Waals surface area contributed by atoms with Crippen molar-refractivity contribution in [2.45, 2.75) is 6.92 Å². The lowest BCUT2D eigenvalue weighted by Gasteiger charge is -2.06. The predicted octanol–water partition coefficient (Wildman–Crippen LogP) is 5.13. The van der Waals surface area contributed by atoms with Gasteiger partial charge in [0, 0.05) is 4.47 Å². The topological polar surface area (TPSA) is 26.3 Å². The minimum absolute atomic E-state index is 0.341. The van der Waals surface area contributed by atoms with Crippen LogP contribution in [-0.4, -0.2) is 5.97 Å². The van der Waals surface area contributed by atoms with Crippen molar-refractivity contribution < 1.29 is 9.53 Å². The second kappa shape index (κ2) is 5.70. The van der Waals surface area contributed by atoms with E-state index >= 15 is 0 Å². The van der Waals surface area contributed by atoms with E-state index in [9.17, 15) is 4.79 Å². The first-order chi connectivity index (χ1) is 10.1. The summed E-state index contributed by atoms with van der Waals surface area (Å²) in [5, 5.41) is 2.13. The molecule has 0 N–H and O–H groups in total. The molecule has 0 aliphatic carbocycles. The van der Waals surface area contributed by atoms with Gasteiger partial charge in [0.15, 0.2) is 0 Å². The van der Waals surface area contributed by atoms with Gasteiger partial charge in [0.1, 0.15) is 5.75 Å². The number of aryl methyl sites for hydroxylation is 1. The highest BCUT2D eigenvalue weighted by atomic mass is 79.9. The van der Waals surface area contributed by atoms with Gasteiger partial charge in [-0.15, -0.1) is 0 Å². The van der Waals surface area contributed by atoms with E-state index in [1.807, 2.05) is 49.4 Å². The Kier molecular flexibility index (Phi) is 3.76. The summed E-state index contributed by atoms with van der Waals surface area (Å²) >= 11 is 3.44. The first-order valence-electron chi connectivity index (χ1n) is 6.60. The lowest BCUT2D eigenvalue weighted by molar-refractivity contribution is 0.0735. The van der Waals surface area contributed by atoms with Crippen LogP contribution in [0.15, 0.2) is 65.1 Å². The van der Waals surface area contributed by atoms with E-state index in [-0.39, 0.29) is 5.97 Å². The highest BCUT2D eigenvalue weighted by Crippen LogP contribution is 2.24. The fourth-order valence-electron chi connectivity index (χ4n) is 2.11. The number of carbonyl (C=O) groups excluding carboxylic acids is 1. The molecule has 0 aliphatic rings. The van der Waals surface area contributed by atoms with Crippen molar-refractivity contribution in [1.29, 1.82) is 0 Å². The van der Waals surface area contributed by atoms with Gasteiger partial charge in [-0.3, -0.25) is 0 Å². The lowest BCUT2D eigenvalue weighted by Crippen LogP contribution is -2.08. The highest BCUT2D eigenvalue weighted by Gasteiger charge is 2.08. The molecule has 21 heavy (non-hydrogen) atoms. The number of benzene rings is 3. The number of ether oxygens (including phenoxy) is 1. The van der Waals surface area contributed by atoms with Gasteiger partial charge in [-0.2, -0.15) is 0 Å². The van der Waals surface area contributed by atoms with Gasteiger partial charge in [-0.05, 0) is 54.1 Å². The van der Waals surface area contributed by atoms with Crippen LogP contribution in [0.25, 0.3) is 10.8 Å². The number of esters is 1. The van der Waals surface area contributed by atoms with Gasteiger partial charge >= 0.3 is 5.97 Å². The Morgan fingerprint density at radius 3 is 2.33 bits per heavy atom. The Morgan fingerprint density at radius 2 is 1.57 bits per heavy atom. The Hall–Kier alpha value is -2.13. The monoisotopic (exact) mass is 340 g/mol. The molecule has 2 nitrogen and oxygen atoms in total. The van der Waals surface area contributed by atoms with Gasteiger partial charge in [0.05, 0.1) is 5.56 Å². The zero-order chi connectivity index (χ0) is 14.8. The summed E-state index contributed by atoms with van der Waals surface area (Å²) in [7, 11) is 0. The third-order valence-electron chi connectivity index (χ3n) is 3.27. The van der Waals surface area contributed by atoms with Gasteiger partial charge in [-0.1, -0.05) is 45.8 Å². The Labute approximate surface area is 131 Å². The van der Waals surface area contributed by atoms with Gasteiger partial charge < -0.3 is 4.74 Å². The van der Waals surface area contributed by atoms with Crippen molar-refractivity contribution in [2.24, 2.45) is 0 Å². The number of carbonyl (C=O) groups is 1. The molecule has 0 atom stereocenters. The number of hydrogen-bond acceptors (Lipinski definition) is 2. The molecular weight excluding hydrogens is 328 g/mol. The van der Waals surface area contributed by atoms with E-state index < -0.39 is 0 Å². The van der Waals surface area contributed by atoms with E-state index in [1.165, 1.54) is 0 Å². The molecule has 3 aromatic rings. The van der Waals surface area contributed by atoms with Crippen molar-refractivity contribution in [3.05, 3.63) is 76.3 Å². The summed E-state index contributed by atoms with van der Waals surface area (Å²) in [6.07, 6.45) is 0. The second-order valence-corrected chi connectivity index (χ2v) is 5.82. The Balaban J connectivity index is 1.85. The minimum atomic E-state index is -0.341. The normalized spacial score (nSPS) is 10.6. The second-order valence-electron chi connectivity index (χ2n) is 4.91.